The van der Waals surface area contributed by atoms with Crippen LogP contribution in [0.15, 0.2) is 53.3 Å². The summed E-state index contributed by atoms with van der Waals surface area (Å²) in [5, 5.41) is 5.78. The molecular weight excluding hydrogens is 330 g/mol. The molecule has 1 aromatic heterocycles. The molecule has 0 spiro atoms. The smallest absolute Gasteiger partial charge is 0.315 e. The molecule has 2 rings (SSSR count). The highest BCUT2D eigenvalue weighted by Gasteiger charge is 2.08. The first-order valence-corrected chi connectivity index (χ1v) is 7.63. The van der Waals surface area contributed by atoms with Crippen molar-refractivity contribution in [3.8, 4) is 0 Å². The summed E-state index contributed by atoms with van der Waals surface area (Å²) in [6, 6.07) is 11.6. The number of benzene rings is 1. The second-order valence-corrected chi connectivity index (χ2v) is 5.70. The van der Waals surface area contributed by atoms with Gasteiger partial charge in [0.05, 0.1) is 6.04 Å². The molecule has 0 bridgehead atoms. The fourth-order valence-corrected chi connectivity index (χ4v) is 2.21. The predicted molar refractivity (Wildman–Crippen MR) is 87.0 cm³/mol. The summed E-state index contributed by atoms with van der Waals surface area (Å²) in [5.74, 6) is 0. The van der Waals surface area contributed by atoms with Crippen LogP contribution < -0.4 is 10.6 Å². The third-order valence-electron chi connectivity index (χ3n) is 3.14. The number of hydrogen-bond donors (Lipinski definition) is 2. The Labute approximate surface area is 133 Å². The van der Waals surface area contributed by atoms with Crippen LogP contribution in [-0.4, -0.2) is 17.6 Å². The van der Waals surface area contributed by atoms with Crippen LogP contribution in [0.2, 0.25) is 0 Å². The molecule has 1 atom stereocenters. The minimum absolute atomic E-state index is 0.0310. The number of carbonyl (C=O) groups excluding carboxylic acids is 1. The van der Waals surface area contributed by atoms with Gasteiger partial charge in [0.15, 0.2) is 0 Å². The lowest BCUT2D eigenvalue weighted by Crippen LogP contribution is -2.38. The van der Waals surface area contributed by atoms with Crippen LogP contribution in [0.25, 0.3) is 0 Å². The highest BCUT2D eigenvalue weighted by atomic mass is 79.9. The molecule has 2 amide bonds. The lowest BCUT2D eigenvalue weighted by Gasteiger charge is -2.15. The van der Waals surface area contributed by atoms with Gasteiger partial charge in [0.2, 0.25) is 0 Å². The summed E-state index contributed by atoms with van der Waals surface area (Å²) in [4.78, 5) is 15.9. The van der Waals surface area contributed by atoms with Crippen molar-refractivity contribution in [3.05, 3.63) is 64.4 Å². The number of nitrogens with zero attached hydrogens (tertiary/aromatic N) is 1. The largest absolute Gasteiger partial charge is 0.338 e. The Morgan fingerprint density at radius 3 is 2.71 bits per heavy atom. The normalized spacial score (nSPS) is 11.7. The Hall–Kier alpha value is -1.88. The highest BCUT2D eigenvalue weighted by Crippen LogP contribution is 2.16. The van der Waals surface area contributed by atoms with Crippen LogP contribution in [-0.2, 0) is 6.42 Å². The molecule has 21 heavy (non-hydrogen) atoms. The van der Waals surface area contributed by atoms with Crippen LogP contribution in [0.5, 0.6) is 0 Å². The van der Waals surface area contributed by atoms with Crippen molar-refractivity contribution in [2.24, 2.45) is 0 Å². The van der Waals surface area contributed by atoms with Gasteiger partial charge < -0.3 is 10.6 Å². The molecule has 0 aliphatic rings. The standard InChI is InChI=1S/C16H18BrN3O/c1-12(14-4-6-15(17)7-5-14)20-16(21)19-10-8-13-3-2-9-18-11-13/h2-7,9,11-12H,8,10H2,1H3,(H2,19,20,21)/t12-/m0/s1. The van der Waals surface area contributed by atoms with Crippen molar-refractivity contribution < 1.29 is 4.79 Å². The number of rotatable bonds is 5. The molecule has 2 N–H and O–H groups in total. The zero-order valence-corrected chi connectivity index (χ0v) is 13.4. The Kier molecular flexibility index (Phi) is 5.75. The number of carbonyl (C=O) groups is 1. The number of nitrogens with one attached hydrogen (secondary N) is 2. The van der Waals surface area contributed by atoms with Gasteiger partial charge in [0, 0.05) is 23.4 Å². The number of halogens is 1. The Morgan fingerprint density at radius 1 is 1.29 bits per heavy atom. The first kappa shape index (κ1) is 15.5. The maximum atomic E-state index is 11.8. The van der Waals surface area contributed by atoms with Gasteiger partial charge in [-0.05, 0) is 42.7 Å². The lowest BCUT2D eigenvalue weighted by atomic mass is 10.1. The van der Waals surface area contributed by atoms with E-state index in [0.29, 0.717) is 6.54 Å². The minimum atomic E-state index is -0.158. The van der Waals surface area contributed by atoms with Gasteiger partial charge in [-0.3, -0.25) is 4.98 Å². The molecule has 0 aliphatic heterocycles. The number of amides is 2. The molecule has 0 saturated heterocycles. The second kappa shape index (κ2) is 7.78. The van der Waals surface area contributed by atoms with E-state index in [1.807, 2.05) is 49.5 Å². The molecular formula is C16H18BrN3O. The SMILES string of the molecule is C[C@H](NC(=O)NCCc1cccnc1)c1ccc(Br)cc1. The van der Waals surface area contributed by atoms with Crippen molar-refractivity contribution in [2.75, 3.05) is 6.54 Å². The summed E-state index contributed by atoms with van der Waals surface area (Å²) in [6.07, 6.45) is 4.32. The average molecular weight is 348 g/mol. The fourth-order valence-electron chi connectivity index (χ4n) is 1.95. The van der Waals surface area contributed by atoms with Crippen LogP contribution >= 0.6 is 15.9 Å². The molecule has 0 aliphatic carbocycles. The van der Waals surface area contributed by atoms with E-state index in [9.17, 15) is 4.79 Å². The molecule has 0 saturated carbocycles. The van der Waals surface area contributed by atoms with Crippen molar-refractivity contribution >= 4 is 22.0 Å². The van der Waals surface area contributed by atoms with Crippen LogP contribution in [0.4, 0.5) is 4.79 Å². The summed E-state index contributed by atoms with van der Waals surface area (Å²) >= 11 is 3.40. The van der Waals surface area contributed by atoms with Crippen LogP contribution in [0.1, 0.15) is 24.1 Å². The van der Waals surface area contributed by atoms with Gasteiger partial charge in [-0.2, -0.15) is 0 Å². The van der Waals surface area contributed by atoms with Gasteiger partial charge in [0.25, 0.3) is 0 Å². The van der Waals surface area contributed by atoms with E-state index in [0.717, 1.165) is 22.0 Å². The van der Waals surface area contributed by atoms with E-state index in [1.165, 1.54) is 0 Å². The molecule has 5 heteroatoms. The van der Waals surface area contributed by atoms with Gasteiger partial charge in [-0.15, -0.1) is 0 Å². The third-order valence-corrected chi connectivity index (χ3v) is 3.67. The Bertz CT molecular complexity index is 572. The summed E-state index contributed by atoms with van der Waals surface area (Å²) in [6.45, 7) is 2.55. The van der Waals surface area contributed by atoms with Gasteiger partial charge in [-0.1, -0.05) is 34.1 Å². The maximum absolute atomic E-state index is 11.8. The molecule has 0 radical (unpaired) electrons. The Balaban J connectivity index is 1.75. The number of hydrogen-bond acceptors (Lipinski definition) is 2. The first-order chi connectivity index (χ1) is 10.1. The van der Waals surface area contributed by atoms with Crippen molar-refractivity contribution in [1.29, 1.82) is 0 Å². The predicted octanol–water partition coefficient (Wildman–Crippen LogP) is 3.45. The van der Waals surface area contributed by atoms with Gasteiger partial charge in [-0.25, -0.2) is 4.79 Å². The Morgan fingerprint density at radius 2 is 2.05 bits per heavy atom. The lowest BCUT2D eigenvalue weighted by molar-refractivity contribution is 0.238. The third kappa shape index (κ3) is 5.19. The maximum Gasteiger partial charge on any atom is 0.315 e. The molecule has 1 heterocycles. The number of pyridine rings is 1. The van der Waals surface area contributed by atoms with Gasteiger partial charge >= 0.3 is 6.03 Å². The monoisotopic (exact) mass is 347 g/mol. The van der Waals surface area contributed by atoms with E-state index in [4.69, 9.17) is 0 Å². The molecule has 0 fully saturated rings. The van der Waals surface area contributed by atoms with E-state index >= 15 is 0 Å². The fraction of sp³-hybridized carbons (Fsp3) is 0.250. The summed E-state index contributed by atoms with van der Waals surface area (Å²) in [7, 11) is 0. The van der Waals surface area contributed by atoms with Crippen molar-refractivity contribution in [2.45, 2.75) is 19.4 Å². The molecule has 0 unspecified atom stereocenters. The topological polar surface area (TPSA) is 54.0 Å². The van der Waals surface area contributed by atoms with E-state index < -0.39 is 0 Å². The van der Waals surface area contributed by atoms with Crippen LogP contribution in [0.3, 0.4) is 0 Å². The minimum Gasteiger partial charge on any atom is -0.338 e. The number of aromatic nitrogens is 1. The molecule has 2 aromatic rings. The van der Waals surface area contributed by atoms with E-state index in [2.05, 4.69) is 31.5 Å². The highest BCUT2D eigenvalue weighted by molar-refractivity contribution is 9.10. The zero-order chi connectivity index (χ0) is 15.1. The summed E-state index contributed by atoms with van der Waals surface area (Å²) in [5.41, 5.74) is 2.18. The van der Waals surface area contributed by atoms with E-state index in [1.54, 1.807) is 6.20 Å². The van der Waals surface area contributed by atoms with Crippen LogP contribution in [0, 0.1) is 0 Å². The molecule has 4 nitrogen and oxygen atoms in total. The van der Waals surface area contributed by atoms with Crippen molar-refractivity contribution in [3.63, 3.8) is 0 Å². The first-order valence-electron chi connectivity index (χ1n) is 6.84. The zero-order valence-electron chi connectivity index (χ0n) is 11.8. The quantitative estimate of drug-likeness (QED) is 0.870. The molecule has 110 valence electrons. The average Bonchev–Trinajstić information content (AvgIpc) is 2.49. The van der Waals surface area contributed by atoms with Gasteiger partial charge in [0.1, 0.15) is 0 Å². The number of urea groups is 1. The molecule has 1 aromatic carbocycles. The van der Waals surface area contributed by atoms with E-state index in [-0.39, 0.29) is 12.1 Å². The second-order valence-electron chi connectivity index (χ2n) is 4.78. The summed E-state index contributed by atoms with van der Waals surface area (Å²) < 4.78 is 1.03. The van der Waals surface area contributed by atoms with Crippen molar-refractivity contribution in [1.82, 2.24) is 15.6 Å².